The van der Waals surface area contributed by atoms with Gasteiger partial charge in [-0.15, -0.1) is 0 Å². The molecular weight excluding hydrogens is 352 g/mol. The third kappa shape index (κ3) is 4.01. The first-order chi connectivity index (χ1) is 13.7. The van der Waals surface area contributed by atoms with Gasteiger partial charge in [0.15, 0.2) is 11.6 Å². The van der Waals surface area contributed by atoms with Gasteiger partial charge in [-0.1, -0.05) is 6.07 Å². The number of hydrogen-bond acceptors (Lipinski definition) is 6. The van der Waals surface area contributed by atoms with Crippen LogP contribution in [0.4, 0.5) is 23.0 Å². The van der Waals surface area contributed by atoms with Crippen molar-refractivity contribution >= 4 is 35.7 Å². The van der Waals surface area contributed by atoms with Gasteiger partial charge in [-0.2, -0.15) is 0 Å². The summed E-state index contributed by atoms with van der Waals surface area (Å²) < 4.78 is 0. The molecule has 8 heteroatoms. The van der Waals surface area contributed by atoms with Gasteiger partial charge in [0.25, 0.3) is 0 Å². The SMILES string of the molecule is C/N=C/N(c1cccc(N(/C=N/C)c2nccnc2C)c1)c1nccnc1C. The van der Waals surface area contributed by atoms with Gasteiger partial charge in [0.05, 0.1) is 35.4 Å². The molecule has 142 valence electrons. The van der Waals surface area contributed by atoms with Crippen LogP contribution >= 0.6 is 0 Å². The largest absolute Gasteiger partial charge is 0.284 e. The minimum Gasteiger partial charge on any atom is -0.284 e. The van der Waals surface area contributed by atoms with E-state index in [0.717, 1.165) is 34.4 Å². The van der Waals surface area contributed by atoms with Crippen LogP contribution in [0.25, 0.3) is 0 Å². The number of aryl methyl sites for hydroxylation is 2. The van der Waals surface area contributed by atoms with E-state index < -0.39 is 0 Å². The highest BCUT2D eigenvalue weighted by Gasteiger charge is 2.16. The maximum absolute atomic E-state index is 4.47. The van der Waals surface area contributed by atoms with E-state index in [4.69, 9.17) is 0 Å². The van der Waals surface area contributed by atoms with Crippen LogP contribution in [0.15, 0.2) is 59.0 Å². The Balaban J connectivity index is 2.09. The van der Waals surface area contributed by atoms with Gasteiger partial charge < -0.3 is 0 Å². The molecule has 0 N–H and O–H groups in total. The summed E-state index contributed by atoms with van der Waals surface area (Å²) in [6.07, 6.45) is 10.1. The van der Waals surface area contributed by atoms with Crippen LogP contribution in [0.2, 0.25) is 0 Å². The van der Waals surface area contributed by atoms with E-state index in [1.807, 2.05) is 47.9 Å². The molecule has 0 fully saturated rings. The predicted octanol–water partition coefficient (Wildman–Crippen LogP) is 3.48. The van der Waals surface area contributed by atoms with Gasteiger partial charge in [-0.25, -0.2) is 9.97 Å². The van der Waals surface area contributed by atoms with Crippen molar-refractivity contribution in [1.82, 2.24) is 19.9 Å². The summed E-state index contributed by atoms with van der Waals surface area (Å²) in [5.41, 5.74) is 3.40. The second kappa shape index (κ2) is 8.81. The fourth-order valence-corrected chi connectivity index (χ4v) is 2.78. The molecule has 0 bridgehead atoms. The van der Waals surface area contributed by atoms with E-state index in [0.29, 0.717) is 0 Å². The van der Waals surface area contributed by atoms with E-state index in [-0.39, 0.29) is 0 Å². The lowest BCUT2D eigenvalue weighted by Gasteiger charge is -2.24. The zero-order chi connectivity index (χ0) is 19.9. The van der Waals surface area contributed by atoms with E-state index in [1.54, 1.807) is 51.6 Å². The lowest BCUT2D eigenvalue weighted by atomic mass is 10.2. The van der Waals surface area contributed by atoms with Gasteiger partial charge in [0.2, 0.25) is 0 Å². The Morgan fingerprint density at radius 3 is 1.54 bits per heavy atom. The Hall–Kier alpha value is -3.68. The summed E-state index contributed by atoms with van der Waals surface area (Å²) in [6.45, 7) is 3.84. The average molecular weight is 374 g/mol. The topological polar surface area (TPSA) is 82.8 Å². The maximum Gasteiger partial charge on any atom is 0.159 e. The number of anilines is 4. The molecule has 8 nitrogen and oxygen atoms in total. The molecule has 1 aromatic carbocycles. The van der Waals surface area contributed by atoms with Crippen LogP contribution in [0.5, 0.6) is 0 Å². The summed E-state index contributed by atoms with van der Waals surface area (Å²) >= 11 is 0. The molecule has 2 aromatic heterocycles. The third-order valence-electron chi connectivity index (χ3n) is 4.01. The Labute approximate surface area is 164 Å². The van der Waals surface area contributed by atoms with E-state index >= 15 is 0 Å². The highest BCUT2D eigenvalue weighted by atomic mass is 15.2. The Morgan fingerprint density at radius 1 is 0.714 bits per heavy atom. The van der Waals surface area contributed by atoms with Crippen molar-refractivity contribution in [2.75, 3.05) is 23.9 Å². The predicted molar refractivity (Wildman–Crippen MR) is 113 cm³/mol. The maximum atomic E-state index is 4.47. The van der Waals surface area contributed by atoms with Crippen LogP contribution in [-0.4, -0.2) is 46.7 Å². The van der Waals surface area contributed by atoms with Crippen molar-refractivity contribution < 1.29 is 0 Å². The number of rotatable bonds is 6. The van der Waals surface area contributed by atoms with Gasteiger partial charge >= 0.3 is 0 Å². The highest BCUT2D eigenvalue weighted by molar-refractivity contribution is 5.93. The van der Waals surface area contributed by atoms with E-state index in [9.17, 15) is 0 Å². The van der Waals surface area contributed by atoms with Crippen molar-refractivity contribution in [3.05, 3.63) is 60.4 Å². The molecule has 0 aliphatic rings. The standard InChI is InChI=1S/C20H22N8/c1-15-19(25-10-8-23-15)27(13-21-3)17-6-5-7-18(12-17)28(14-22-4)20-16(2)24-9-11-26-20/h5-14H,1-4H3/b21-13+,22-14+. The van der Waals surface area contributed by atoms with Crippen LogP contribution in [0.3, 0.4) is 0 Å². The minimum absolute atomic E-state index is 0.719. The molecule has 0 saturated carbocycles. The van der Waals surface area contributed by atoms with Crippen LogP contribution < -0.4 is 9.80 Å². The number of hydrogen-bond donors (Lipinski definition) is 0. The zero-order valence-electron chi connectivity index (χ0n) is 16.4. The number of nitrogens with zero attached hydrogens (tertiary/aromatic N) is 8. The molecule has 28 heavy (non-hydrogen) atoms. The van der Waals surface area contributed by atoms with Crippen LogP contribution in [0.1, 0.15) is 11.4 Å². The van der Waals surface area contributed by atoms with Crippen LogP contribution in [-0.2, 0) is 0 Å². The Bertz CT molecular complexity index is 922. The molecule has 0 atom stereocenters. The highest BCUT2D eigenvalue weighted by Crippen LogP contribution is 2.30. The van der Waals surface area contributed by atoms with E-state index in [1.165, 1.54) is 0 Å². The second-order valence-electron chi connectivity index (χ2n) is 5.94. The normalized spacial score (nSPS) is 11.3. The molecule has 0 aliphatic carbocycles. The molecular formula is C20H22N8. The molecule has 0 saturated heterocycles. The quantitative estimate of drug-likeness (QED) is 0.485. The van der Waals surface area contributed by atoms with Crippen molar-refractivity contribution in [1.29, 1.82) is 0 Å². The smallest absolute Gasteiger partial charge is 0.159 e. The number of benzene rings is 1. The lowest BCUT2D eigenvalue weighted by molar-refractivity contribution is 1.08. The third-order valence-corrected chi connectivity index (χ3v) is 4.01. The molecule has 3 rings (SSSR count). The minimum atomic E-state index is 0.719. The van der Waals surface area contributed by atoms with Gasteiger partial charge in [-0.05, 0) is 32.0 Å². The molecule has 0 unspecified atom stereocenters. The van der Waals surface area contributed by atoms with Crippen molar-refractivity contribution in [2.45, 2.75) is 13.8 Å². The molecule has 3 aromatic rings. The summed E-state index contributed by atoms with van der Waals surface area (Å²) in [7, 11) is 3.45. The lowest BCUT2D eigenvalue weighted by Crippen LogP contribution is -2.20. The molecule has 0 radical (unpaired) electrons. The summed E-state index contributed by atoms with van der Waals surface area (Å²) in [5.74, 6) is 1.44. The van der Waals surface area contributed by atoms with Crippen molar-refractivity contribution in [3.8, 4) is 0 Å². The van der Waals surface area contributed by atoms with Crippen LogP contribution in [0, 0.1) is 13.8 Å². The van der Waals surface area contributed by atoms with Gasteiger partial charge in [0.1, 0.15) is 0 Å². The van der Waals surface area contributed by atoms with Crippen molar-refractivity contribution in [2.24, 2.45) is 9.98 Å². The summed E-state index contributed by atoms with van der Waals surface area (Å²) in [6, 6.07) is 7.97. The zero-order valence-corrected chi connectivity index (χ0v) is 16.4. The van der Waals surface area contributed by atoms with Gasteiger partial charge in [-0.3, -0.25) is 29.8 Å². The fraction of sp³-hybridized carbons (Fsp3) is 0.200. The summed E-state index contributed by atoms with van der Waals surface area (Å²) in [4.78, 5) is 29.8. The van der Waals surface area contributed by atoms with Gasteiger partial charge in [0, 0.05) is 38.9 Å². The first-order valence-corrected chi connectivity index (χ1v) is 8.74. The molecule has 0 spiro atoms. The number of aliphatic imine (C=N–C) groups is 2. The molecule has 0 aliphatic heterocycles. The first-order valence-electron chi connectivity index (χ1n) is 8.74. The monoisotopic (exact) mass is 374 g/mol. The average Bonchev–Trinajstić information content (AvgIpc) is 2.72. The Morgan fingerprint density at radius 2 is 1.14 bits per heavy atom. The van der Waals surface area contributed by atoms with E-state index in [2.05, 4.69) is 29.9 Å². The molecule has 2 heterocycles. The second-order valence-corrected chi connectivity index (χ2v) is 5.94. The first kappa shape index (κ1) is 19.1. The summed E-state index contributed by atoms with van der Waals surface area (Å²) in [5, 5.41) is 0. The fourth-order valence-electron chi connectivity index (χ4n) is 2.78. The van der Waals surface area contributed by atoms with Crippen molar-refractivity contribution in [3.63, 3.8) is 0 Å². The molecule has 0 amide bonds. The Kier molecular flexibility index (Phi) is 6.01. The number of aromatic nitrogens is 4.